The highest BCUT2D eigenvalue weighted by Gasteiger charge is 2.12. The average molecular weight is 383 g/mol. The molecule has 1 aromatic carbocycles. The molecule has 0 spiro atoms. The summed E-state index contributed by atoms with van der Waals surface area (Å²) in [5.41, 5.74) is 2.28. The molecule has 2 heterocycles. The van der Waals surface area contributed by atoms with Crippen LogP contribution in [0.3, 0.4) is 0 Å². The summed E-state index contributed by atoms with van der Waals surface area (Å²) in [5, 5.41) is 5.73. The number of urea groups is 1. The van der Waals surface area contributed by atoms with E-state index in [-0.39, 0.29) is 6.03 Å². The molecule has 2 aromatic rings. The number of pyridine rings is 1. The maximum Gasteiger partial charge on any atom is 0.315 e. The lowest BCUT2D eigenvalue weighted by Crippen LogP contribution is -2.35. The molecule has 3 rings (SSSR count). The average Bonchev–Trinajstić information content (AvgIpc) is 3.27. The van der Waals surface area contributed by atoms with Crippen LogP contribution in [0.15, 0.2) is 48.7 Å². The number of amides is 2. The van der Waals surface area contributed by atoms with Crippen LogP contribution in [0.1, 0.15) is 30.4 Å². The Morgan fingerprint density at radius 3 is 2.57 bits per heavy atom. The van der Waals surface area contributed by atoms with E-state index in [9.17, 15) is 4.79 Å². The minimum absolute atomic E-state index is 0.159. The molecule has 0 saturated carbocycles. The summed E-state index contributed by atoms with van der Waals surface area (Å²) in [6.45, 7) is 4.60. The van der Waals surface area contributed by atoms with Crippen molar-refractivity contribution in [3.05, 3.63) is 59.8 Å². The number of benzene rings is 1. The van der Waals surface area contributed by atoms with Crippen LogP contribution in [0.2, 0.25) is 0 Å². The smallest absolute Gasteiger partial charge is 0.315 e. The lowest BCUT2D eigenvalue weighted by Gasteiger charge is -2.16. The number of anilines is 1. The summed E-state index contributed by atoms with van der Waals surface area (Å²) >= 11 is 0. The van der Waals surface area contributed by atoms with E-state index >= 15 is 0 Å². The second-order valence-electron chi connectivity index (χ2n) is 7.03. The third kappa shape index (κ3) is 6.85. The Balaban J connectivity index is 1.22. The molecule has 0 atom stereocenters. The van der Waals surface area contributed by atoms with E-state index in [1.54, 1.807) is 0 Å². The van der Waals surface area contributed by atoms with Gasteiger partial charge in [0.25, 0.3) is 0 Å². The summed E-state index contributed by atoms with van der Waals surface area (Å²) in [7, 11) is 0. The van der Waals surface area contributed by atoms with Gasteiger partial charge in [-0.1, -0.05) is 36.4 Å². The number of nitrogens with one attached hydrogen (secondary N) is 2. The molecule has 150 valence electrons. The highest BCUT2D eigenvalue weighted by Crippen LogP contribution is 2.17. The van der Waals surface area contributed by atoms with Crippen LogP contribution in [-0.4, -0.2) is 43.9 Å². The number of ether oxygens (including phenoxy) is 1. The summed E-state index contributed by atoms with van der Waals surface area (Å²) in [6.07, 6.45) is 6.04. The minimum atomic E-state index is -0.159. The maximum atomic E-state index is 11.9. The van der Waals surface area contributed by atoms with Gasteiger partial charge in [0.1, 0.15) is 5.82 Å². The van der Waals surface area contributed by atoms with Gasteiger partial charge in [-0.3, -0.25) is 0 Å². The van der Waals surface area contributed by atoms with Gasteiger partial charge in [0.15, 0.2) is 0 Å². The molecule has 0 bridgehead atoms. The van der Waals surface area contributed by atoms with Gasteiger partial charge in [-0.25, -0.2) is 9.78 Å². The van der Waals surface area contributed by atoms with E-state index < -0.39 is 0 Å². The molecule has 0 aliphatic carbocycles. The Kier molecular flexibility index (Phi) is 8.12. The lowest BCUT2D eigenvalue weighted by molar-refractivity contribution is 0.135. The van der Waals surface area contributed by atoms with Gasteiger partial charge in [-0.15, -0.1) is 0 Å². The zero-order chi connectivity index (χ0) is 19.4. The van der Waals surface area contributed by atoms with E-state index in [1.807, 2.05) is 36.5 Å². The molecular weight excluding hydrogens is 352 g/mol. The van der Waals surface area contributed by atoms with E-state index in [0.717, 1.165) is 37.3 Å². The van der Waals surface area contributed by atoms with Crippen molar-refractivity contribution in [3.63, 3.8) is 0 Å². The first kappa shape index (κ1) is 20.1. The molecule has 2 amide bonds. The molecular formula is C22H30N4O2. The van der Waals surface area contributed by atoms with Crippen LogP contribution in [0.4, 0.5) is 10.6 Å². The number of nitrogens with zero attached hydrogens (tertiary/aromatic N) is 2. The molecule has 1 aliphatic rings. The maximum absolute atomic E-state index is 11.9. The summed E-state index contributed by atoms with van der Waals surface area (Å²) in [6, 6.07) is 14.2. The quantitative estimate of drug-likeness (QED) is 0.620. The largest absolute Gasteiger partial charge is 0.381 e. The topological polar surface area (TPSA) is 66.5 Å². The van der Waals surface area contributed by atoms with Crippen LogP contribution in [-0.2, 0) is 17.7 Å². The van der Waals surface area contributed by atoms with Gasteiger partial charge < -0.3 is 20.3 Å². The van der Waals surface area contributed by atoms with Gasteiger partial charge in [0.05, 0.1) is 6.61 Å². The highest BCUT2D eigenvalue weighted by atomic mass is 16.5. The van der Waals surface area contributed by atoms with Crippen molar-refractivity contribution in [1.29, 1.82) is 0 Å². The first-order valence-electron chi connectivity index (χ1n) is 10.1. The number of aromatic nitrogens is 1. The van der Waals surface area contributed by atoms with E-state index in [0.29, 0.717) is 26.3 Å². The SMILES string of the molecule is O=C(NCCCOCCc1ccccc1)NCc1ccc(N2CCCC2)nc1. The lowest BCUT2D eigenvalue weighted by atomic mass is 10.2. The monoisotopic (exact) mass is 382 g/mol. The summed E-state index contributed by atoms with van der Waals surface area (Å²) < 4.78 is 5.62. The molecule has 2 N–H and O–H groups in total. The van der Waals surface area contributed by atoms with Crippen LogP contribution in [0, 0.1) is 0 Å². The van der Waals surface area contributed by atoms with Crippen molar-refractivity contribution >= 4 is 11.8 Å². The van der Waals surface area contributed by atoms with Crippen molar-refractivity contribution in [2.24, 2.45) is 0 Å². The fourth-order valence-electron chi connectivity index (χ4n) is 3.21. The number of hydrogen-bond acceptors (Lipinski definition) is 4. The second kappa shape index (κ2) is 11.3. The molecule has 0 unspecified atom stereocenters. The van der Waals surface area contributed by atoms with Crippen molar-refractivity contribution in [2.75, 3.05) is 37.7 Å². The normalized spacial score (nSPS) is 13.5. The van der Waals surface area contributed by atoms with Crippen LogP contribution < -0.4 is 15.5 Å². The number of carbonyl (C=O) groups excluding carboxylic acids is 1. The molecule has 1 saturated heterocycles. The van der Waals surface area contributed by atoms with E-state index in [1.165, 1.54) is 18.4 Å². The predicted molar refractivity (Wildman–Crippen MR) is 112 cm³/mol. The molecule has 1 aromatic heterocycles. The van der Waals surface area contributed by atoms with E-state index in [2.05, 4.69) is 32.7 Å². The van der Waals surface area contributed by atoms with Crippen LogP contribution in [0.5, 0.6) is 0 Å². The molecule has 0 radical (unpaired) electrons. The van der Waals surface area contributed by atoms with Gasteiger partial charge in [0, 0.05) is 39.0 Å². The van der Waals surface area contributed by atoms with Gasteiger partial charge in [0.2, 0.25) is 0 Å². The van der Waals surface area contributed by atoms with Gasteiger partial charge in [-0.05, 0) is 42.9 Å². The first-order valence-corrected chi connectivity index (χ1v) is 10.1. The number of rotatable bonds is 10. The Bertz CT molecular complexity index is 700. The van der Waals surface area contributed by atoms with Gasteiger partial charge in [-0.2, -0.15) is 0 Å². The number of carbonyl (C=O) groups is 1. The molecule has 6 nitrogen and oxygen atoms in total. The molecule has 6 heteroatoms. The standard InChI is InChI=1S/C22H30N4O2/c27-22(23-12-6-15-28-16-11-19-7-2-1-3-8-19)25-18-20-9-10-21(24-17-20)26-13-4-5-14-26/h1-3,7-10,17H,4-6,11-16,18H2,(H2,23,25,27). The minimum Gasteiger partial charge on any atom is -0.381 e. The Morgan fingerprint density at radius 2 is 1.82 bits per heavy atom. The Hall–Kier alpha value is -2.60. The molecule has 1 fully saturated rings. The van der Waals surface area contributed by atoms with Crippen LogP contribution >= 0.6 is 0 Å². The predicted octanol–water partition coefficient (Wildman–Crippen LogP) is 3.13. The van der Waals surface area contributed by atoms with Crippen molar-refractivity contribution in [3.8, 4) is 0 Å². The second-order valence-corrected chi connectivity index (χ2v) is 7.03. The molecule has 28 heavy (non-hydrogen) atoms. The Morgan fingerprint density at radius 1 is 1.00 bits per heavy atom. The third-order valence-corrected chi connectivity index (χ3v) is 4.82. The third-order valence-electron chi connectivity index (χ3n) is 4.82. The molecule has 1 aliphatic heterocycles. The van der Waals surface area contributed by atoms with E-state index in [4.69, 9.17) is 4.74 Å². The summed E-state index contributed by atoms with van der Waals surface area (Å²) in [4.78, 5) is 18.7. The van der Waals surface area contributed by atoms with Crippen LogP contribution in [0.25, 0.3) is 0 Å². The highest BCUT2D eigenvalue weighted by molar-refractivity contribution is 5.73. The number of hydrogen-bond donors (Lipinski definition) is 2. The van der Waals surface area contributed by atoms with Crippen molar-refractivity contribution in [1.82, 2.24) is 15.6 Å². The first-order chi connectivity index (χ1) is 13.8. The zero-order valence-corrected chi connectivity index (χ0v) is 16.4. The summed E-state index contributed by atoms with van der Waals surface area (Å²) in [5.74, 6) is 1.03. The fraction of sp³-hybridized carbons (Fsp3) is 0.455. The van der Waals surface area contributed by atoms with Gasteiger partial charge >= 0.3 is 6.03 Å². The zero-order valence-electron chi connectivity index (χ0n) is 16.4. The van der Waals surface area contributed by atoms with Crippen molar-refractivity contribution < 1.29 is 9.53 Å². The Labute approximate surface area is 167 Å². The fourth-order valence-corrected chi connectivity index (χ4v) is 3.21. The van der Waals surface area contributed by atoms with Crippen molar-refractivity contribution in [2.45, 2.75) is 32.2 Å².